The van der Waals surface area contributed by atoms with Gasteiger partial charge in [-0.05, 0) is 71.1 Å². The van der Waals surface area contributed by atoms with Crippen molar-refractivity contribution < 1.29 is 19.1 Å². The summed E-state index contributed by atoms with van der Waals surface area (Å²) in [5.41, 5.74) is 0.877. The Labute approximate surface area is 208 Å². The molecule has 2 aromatic rings. The number of ether oxygens (including phenoxy) is 2. The molecule has 1 N–H and O–H groups in total. The molecule has 3 rings (SSSR count). The largest absolute Gasteiger partial charge is 0.497 e. The van der Waals surface area contributed by atoms with Gasteiger partial charge in [0, 0.05) is 17.6 Å². The molecule has 0 bridgehead atoms. The monoisotopic (exact) mass is 536 g/mol. The second-order valence-corrected chi connectivity index (χ2v) is 9.44. The highest BCUT2D eigenvalue weighted by molar-refractivity contribution is 9.10. The van der Waals surface area contributed by atoms with Crippen molar-refractivity contribution in [3.8, 4) is 11.5 Å². The SMILES string of the molecule is CCC(C(=O)NC1CCCC1)N(Cc1cccc(OC)c1)C(=O)COc1ccc(Cl)cc1Br. The number of hydrogen-bond donors (Lipinski definition) is 1. The molecular formula is C25H30BrClN2O4. The molecule has 1 saturated carbocycles. The van der Waals surface area contributed by atoms with E-state index in [0.29, 0.717) is 27.4 Å². The van der Waals surface area contributed by atoms with Gasteiger partial charge in [0.1, 0.15) is 17.5 Å². The van der Waals surface area contributed by atoms with E-state index >= 15 is 0 Å². The zero-order valence-corrected chi connectivity index (χ0v) is 21.3. The maximum Gasteiger partial charge on any atom is 0.261 e. The van der Waals surface area contributed by atoms with Gasteiger partial charge in [0.15, 0.2) is 6.61 Å². The van der Waals surface area contributed by atoms with Crippen LogP contribution in [0.15, 0.2) is 46.9 Å². The van der Waals surface area contributed by atoms with Gasteiger partial charge < -0.3 is 19.7 Å². The van der Waals surface area contributed by atoms with Gasteiger partial charge in [0.05, 0.1) is 11.6 Å². The Kier molecular flexibility index (Phi) is 9.44. The Morgan fingerprint density at radius 3 is 2.64 bits per heavy atom. The number of methoxy groups -OCH3 is 1. The van der Waals surface area contributed by atoms with Crippen LogP contribution in [0, 0.1) is 0 Å². The molecule has 0 spiro atoms. The van der Waals surface area contributed by atoms with Gasteiger partial charge in [-0.2, -0.15) is 0 Å². The Balaban J connectivity index is 1.79. The first-order valence-corrected chi connectivity index (χ1v) is 12.4. The molecule has 0 aliphatic heterocycles. The van der Waals surface area contributed by atoms with Gasteiger partial charge >= 0.3 is 0 Å². The van der Waals surface area contributed by atoms with Crippen LogP contribution >= 0.6 is 27.5 Å². The van der Waals surface area contributed by atoms with Crippen molar-refractivity contribution in [2.45, 2.75) is 57.7 Å². The van der Waals surface area contributed by atoms with Crippen molar-refractivity contribution in [2.75, 3.05) is 13.7 Å². The molecule has 1 aliphatic carbocycles. The summed E-state index contributed by atoms with van der Waals surface area (Å²) in [6, 6.07) is 12.2. The summed E-state index contributed by atoms with van der Waals surface area (Å²) in [6.45, 7) is 2.00. The van der Waals surface area contributed by atoms with Crippen molar-refractivity contribution >= 4 is 39.3 Å². The van der Waals surface area contributed by atoms with Crippen molar-refractivity contribution in [3.05, 3.63) is 57.5 Å². The average Bonchev–Trinajstić information content (AvgIpc) is 3.31. The number of amides is 2. The smallest absolute Gasteiger partial charge is 0.261 e. The fraction of sp³-hybridized carbons (Fsp3) is 0.440. The second-order valence-electron chi connectivity index (χ2n) is 8.15. The molecule has 0 saturated heterocycles. The van der Waals surface area contributed by atoms with Crippen LogP contribution in [0.4, 0.5) is 0 Å². The molecule has 178 valence electrons. The highest BCUT2D eigenvalue weighted by Crippen LogP contribution is 2.28. The third kappa shape index (κ3) is 7.11. The lowest BCUT2D eigenvalue weighted by Crippen LogP contribution is -2.52. The van der Waals surface area contributed by atoms with E-state index in [2.05, 4.69) is 21.2 Å². The molecule has 1 atom stereocenters. The van der Waals surface area contributed by atoms with Crippen LogP contribution in [0.25, 0.3) is 0 Å². The number of nitrogens with one attached hydrogen (secondary N) is 1. The van der Waals surface area contributed by atoms with Gasteiger partial charge in [0.25, 0.3) is 5.91 Å². The minimum atomic E-state index is -0.596. The van der Waals surface area contributed by atoms with Crippen molar-refractivity contribution in [1.82, 2.24) is 10.2 Å². The average molecular weight is 538 g/mol. The molecule has 0 heterocycles. The number of nitrogens with zero attached hydrogens (tertiary/aromatic N) is 1. The summed E-state index contributed by atoms with van der Waals surface area (Å²) in [6.07, 6.45) is 4.72. The van der Waals surface area contributed by atoms with Crippen LogP contribution in [0.5, 0.6) is 11.5 Å². The Bertz CT molecular complexity index is 965. The number of halogens is 2. The maximum atomic E-state index is 13.3. The quantitative estimate of drug-likeness (QED) is 0.443. The first kappa shape index (κ1) is 25.4. The van der Waals surface area contributed by atoms with E-state index in [9.17, 15) is 9.59 Å². The predicted octanol–water partition coefficient (Wildman–Crippen LogP) is 5.36. The van der Waals surface area contributed by atoms with Crippen molar-refractivity contribution in [3.63, 3.8) is 0 Å². The number of carbonyl (C=O) groups is 2. The molecule has 1 aliphatic rings. The summed E-state index contributed by atoms with van der Waals surface area (Å²) >= 11 is 9.40. The topological polar surface area (TPSA) is 67.9 Å². The van der Waals surface area contributed by atoms with Gasteiger partial charge in [-0.15, -0.1) is 0 Å². The summed E-state index contributed by atoms with van der Waals surface area (Å²) in [4.78, 5) is 28.1. The van der Waals surface area contributed by atoms with E-state index in [1.807, 2.05) is 31.2 Å². The Morgan fingerprint density at radius 1 is 1.21 bits per heavy atom. The lowest BCUT2D eigenvalue weighted by molar-refractivity contribution is -0.143. The molecule has 0 aromatic heterocycles. The van der Waals surface area contributed by atoms with Crippen molar-refractivity contribution in [2.24, 2.45) is 0 Å². The molecule has 6 nitrogen and oxygen atoms in total. The van der Waals surface area contributed by atoms with Crippen LogP contribution in [0.2, 0.25) is 5.02 Å². The lowest BCUT2D eigenvalue weighted by Gasteiger charge is -2.31. The summed E-state index contributed by atoms with van der Waals surface area (Å²) in [7, 11) is 1.60. The van der Waals surface area contributed by atoms with E-state index in [0.717, 1.165) is 31.2 Å². The predicted molar refractivity (Wildman–Crippen MR) is 133 cm³/mol. The molecule has 1 unspecified atom stereocenters. The molecule has 0 radical (unpaired) electrons. The first-order chi connectivity index (χ1) is 15.9. The van der Waals surface area contributed by atoms with E-state index in [1.54, 1.807) is 30.2 Å². The summed E-state index contributed by atoms with van der Waals surface area (Å²) < 4.78 is 11.8. The third-order valence-corrected chi connectivity index (χ3v) is 6.67. The molecule has 8 heteroatoms. The lowest BCUT2D eigenvalue weighted by atomic mass is 10.1. The Hall–Kier alpha value is -2.25. The van der Waals surface area contributed by atoms with Crippen LogP contribution in [-0.4, -0.2) is 42.5 Å². The summed E-state index contributed by atoms with van der Waals surface area (Å²) in [5, 5.41) is 3.71. The zero-order chi connectivity index (χ0) is 23.8. The van der Waals surface area contributed by atoms with Crippen molar-refractivity contribution in [1.29, 1.82) is 0 Å². The third-order valence-electron chi connectivity index (χ3n) is 5.82. The first-order valence-electron chi connectivity index (χ1n) is 11.2. The second kappa shape index (κ2) is 12.3. The standard InChI is InChI=1S/C25H30BrClN2O4/c1-3-22(25(31)28-19-8-4-5-9-19)29(15-17-7-6-10-20(13-17)32-2)24(30)16-33-23-12-11-18(27)14-21(23)26/h6-7,10-14,19,22H,3-5,8-9,15-16H2,1-2H3,(H,28,31). The molecule has 33 heavy (non-hydrogen) atoms. The fourth-order valence-corrected chi connectivity index (χ4v) is 4.87. The summed E-state index contributed by atoms with van der Waals surface area (Å²) in [5.74, 6) is 0.823. The van der Waals surface area contributed by atoms with Gasteiger partial charge in [-0.25, -0.2) is 0 Å². The number of hydrogen-bond acceptors (Lipinski definition) is 4. The minimum absolute atomic E-state index is 0.117. The van der Waals surface area contributed by atoms with Gasteiger partial charge in [0.2, 0.25) is 5.91 Å². The van der Waals surface area contributed by atoms with Crippen LogP contribution in [0.1, 0.15) is 44.6 Å². The molecule has 1 fully saturated rings. The molecule has 2 amide bonds. The van der Waals surface area contributed by atoms with Gasteiger partial charge in [-0.3, -0.25) is 9.59 Å². The Morgan fingerprint density at radius 2 is 1.97 bits per heavy atom. The van der Waals surface area contributed by atoms with E-state index in [4.69, 9.17) is 21.1 Å². The minimum Gasteiger partial charge on any atom is -0.497 e. The fourth-order valence-electron chi connectivity index (χ4n) is 4.07. The van der Waals surface area contributed by atoms with E-state index in [1.165, 1.54) is 0 Å². The highest BCUT2D eigenvalue weighted by atomic mass is 79.9. The normalized spacial score (nSPS) is 14.5. The number of rotatable bonds is 10. The van der Waals surface area contributed by atoms with Crippen LogP contribution in [-0.2, 0) is 16.1 Å². The van der Waals surface area contributed by atoms with Crippen LogP contribution in [0.3, 0.4) is 0 Å². The number of carbonyl (C=O) groups excluding carboxylic acids is 2. The zero-order valence-electron chi connectivity index (χ0n) is 19.0. The molecular weight excluding hydrogens is 508 g/mol. The highest BCUT2D eigenvalue weighted by Gasteiger charge is 2.31. The number of benzene rings is 2. The van der Waals surface area contributed by atoms with Gasteiger partial charge in [-0.1, -0.05) is 43.5 Å². The van der Waals surface area contributed by atoms with E-state index < -0.39 is 6.04 Å². The van der Waals surface area contributed by atoms with E-state index in [-0.39, 0.29) is 31.0 Å². The molecule has 2 aromatic carbocycles. The maximum absolute atomic E-state index is 13.3. The van der Waals surface area contributed by atoms with Crippen LogP contribution < -0.4 is 14.8 Å².